The fourth-order valence-corrected chi connectivity index (χ4v) is 3.86. The molecule has 26 heavy (non-hydrogen) atoms. The first-order valence-electron chi connectivity index (χ1n) is 8.85. The number of benzene rings is 1. The van der Waals surface area contributed by atoms with E-state index in [1.807, 2.05) is 0 Å². The van der Waals surface area contributed by atoms with Crippen molar-refractivity contribution in [1.29, 1.82) is 0 Å². The molecule has 2 N–H and O–H groups in total. The maximum Gasteiger partial charge on any atom is 0.237 e. The number of rotatable bonds is 7. The molecule has 0 aliphatic heterocycles. The third-order valence-corrected chi connectivity index (χ3v) is 5.57. The van der Waals surface area contributed by atoms with E-state index >= 15 is 0 Å². The second-order valence-electron chi connectivity index (χ2n) is 6.63. The van der Waals surface area contributed by atoms with Crippen LogP contribution < -0.4 is 5.32 Å². The van der Waals surface area contributed by atoms with Crippen LogP contribution in [0.5, 0.6) is 0 Å². The Hall–Kier alpha value is -1.96. The van der Waals surface area contributed by atoms with Crippen molar-refractivity contribution < 1.29 is 13.6 Å². The number of H-pyrrole nitrogens is 1. The Morgan fingerprint density at radius 2 is 2.15 bits per heavy atom. The van der Waals surface area contributed by atoms with Gasteiger partial charge >= 0.3 is 0 Å². The normalized spacial score (nSPS) is 16.0. The van der Waals surface area contributed by atoms with Gasteiger partial charge in [-0.25, -0.2) is 13.8 Å². The fourth-order valence-electron chi connectivity index (χ4n) is 3.12. The summed E-state index contributed by atoms with van der Waals surface area (Å²) >= 11 is 1.18. The molecule has 1 aliphatic carbocycles. The van der Waals surface area contributed by atoms with Crippen molar-refractivity contribution in [2.75, 3.05) is 5.32 Å². The molecule has 1 aromatic carbocycles. The first-order valence-corrected chi connectivity index (χ1v) is 9.73. The summed E-state index contributed by atoms with van der Waals surface area (Å²) in [5, 5.41) is 9.39. The number of anilines is 1. The number of thioether (sulfide) groups is 1. The zero-order chi connectivity index (χ0) is 18.5. The van der Waals surface area contributed by atoms with Gasteiger partial charge in [0.25, 0.3) is 0 Å². The number of nitrogens with one attached hydrogen (secondary N) is 2. The van der Waals surface area contributed by atoms with Crippen LogP contribution in [0.1, 0.15) is 44.9 Å². The molecule has 2 aromatic rings. The van der Waals surface area contributed by atoms with Crippen LogP contribution in [0.4, 0.5) is 14.5 Å². The first-order chi connectivity index (χ1) is 12.5. The molecule has 1 aromatic heterocycles. The Morgan fingerprint density at radius 1 is 1.38 bits per heavy atom. The molecular formula is C18H22F2N4OS. The van der Waals surface area contributed by atoms with Gasteiger partial charge in [0.2, 0.25) is 11.1 Å². The van der Waals surface area contributed by atoms with E-state index in [-0.39, 0.29) is 5.69 Å². The van der Waals surface area contributed by atoms with E-state index in [4.69, 9.17) is 0 Å². The lowest BCUT2D eigenvalue weighted by Gasteiger charge is -2.10. The number of carbonyl (C=O) groups excluding carboxylic acids is 1. The molecule has 1 heterocycles. The van der Waals surface area contributed by atoms with E-state index in [0.717, 1.165) is 42.8 Å². The number of hydrogen-bond acceptors (Lipinski definition) is 4. The summed E-state index contributed by atoms with van der Waals surface area (Å²) < 4.78 is 26.8. The molecule has 3 rings (SSSR count). The van der Waals surface area contributed by atoms with Gasteiger partial charge in [-0.1, -0.05) is 37.4 Å². The van der Waals surface area contributed by atoms with Crippen molar-refractivity contribution in [2.45, 2.75) is 55.9 Å². The van der Waals surface area contributed by atoms with Crippen molar-refractivity contribution in [3.8, 4) is 0 Å². The highest BCUT2D eigenvalue weighted by Gasteiger charge is 2.20. The van der Waals surface area contributed by atoms with E-state index in [9.17, 15) is 13.6 Å². The van der Waals surface area contributed by atoms with E-state index in [2.05, 4.69) is 20.5 Å². The number of hydrogen-bond donors (Lipinski definition) is 2. The summed E-state index contributed by atoms with van der Waals surface area (Å²) in [5.74, 6) is -0.117. The summed E-state index contributed by atoms with van der Waals surface area (Å²) in [7, 11) is 0. The summed E-state index contributed by atoms with van der Waals surface area (Å²) in [5.41, 5.74) is -0.172. The van der Waals surface area contributed by atoms with Gasteiger partial charge in [0.1, 0.15) is 17.5 Å². The standard InChI is InChI=1S/C18H22F2N4OS/c1-11(17(25)21-15-10-13(19)7-8-14(15)20)26-18-22-16(23-24-18)9-6-12-4-2-3-5-12/h7-8,10-12H,2-6,9H2,1H3,(H,21,25)(H,22,23,24). The van der Waals surface area contributed by atoms with E-state index in [0.29, 0.717) is 5.16 Å². The molecule has 0 bridgehead atoms. The molecular weight excluding hydrogens is 358 g/mol. The summed E-state index contributed by atoms with van der Waals surface area (Å²) in [6.45, 7) is 1.67. The largest absolute Gasteiger partial charge is 0.323 e. The smallest absolute Gasteiger partial charge is 0.237 e. The molecule has 1 amide bonds. The van der Waals surface area contributed by atoms with Crippen molar-refractivity contribution >= 4 is 23.4 Å². The highest BCUT2D eigenvalue weighted by atomic mass is 32.2. The number of aromatic nitrogens is 3. The van der Waals surface area contributed by atoms with Gasteiger partial charge in [0, 0.05) is 12.5 Å². The van der Waals surface area contributed by atoms with Crippen LogP contribution in [0.2, 0.25) is 0 Å². The van der Waals surface area contributed by atoms with Crippen molar-refractivity contribution in [3.05, 3.63) is 35.7 Å². The maximum atomic E-state index is 13.6. The topological polar surface area (TPSA) is 70.7 Å². The Labute approximate surface area is 155 Å². The third kappa shape index (κ3) is 5.03. The van der Waals surface area contributed by atoms with E-state index < -0.39 is 22.8 Å². The molecule has 1 aliphatic rings. The van der Waals surface area contributed by atoms with Crippen LogP contribution in [-0.2, 0) is 11.2 Å². The highest BCUT2D eigenvalue weighted by Crippen LogP contribution is 2.28. The highest BCUT2D eigenvalue weighted by molar-refractivity contribution is 8.00. The van der Waals surface area contributed by atoms with E-state index in [1.165, 1.54) is 37.4 Å². The average molecular weight is 380 g/mol. The Morgan fingerprint density at radius 3 is 2.92 bits per heavy atom. The predicted octanol–water partition coefficient (Wildman–Crippen LogP) is 4.33. The van der Waals surface area contributed by atoms with Gasteiger partial charge in [-0.15, -0.1) is 5.10 Å². The molecule has 1 unspecified atom stereocenters. The lowest BCUT2D eigenvalue weighted by molar-refractivity contribution is -0.115. The Bertz CT molecular complexity index is 761. The van der Waals surface area contributed by atoms with Crippen molar-refractivity contribution in [3.63, 3.8) is 0 Å². The Kier molecular flexibility index (Phi) is 6.24. The number of amides is 1. The van der Waals surface area contributed by atoms with Crippen LogP contribution in [0.25, 0.3) is 0 Å². The Balaban J connectivity index is 1.51. The molecule has 0 spiro atoms. The maximum absolute atomic E-state index is 13.6. The van der Waals surface area contributed by atoms with Gasteiger partial charge in [-0.2, -0.15) is 0 Å². The average Bonchev–Trinajstić information content (AvgIpc) is 3.28. The van der Waals surface area contributed by atoms with Gasteiger partial charge in [0.15, 0.2) is 0 Å². The minimum atomic E-state index is -0.677. The van der Waals surface area contributed by atoms with Gasteiger partial charge in [-0.3, -0.25) is 9.89 Å². The number of aromatic amines is 1. The van der Waals surface area contributed by atoms with E-state index in [1.54, 1.807) is 6.92 Å². The quantitative estimate of drug-likeness (QED) is 0.702. The molecule has 1 fully saturated rings. The van der Waals surface area contributed by atoms with Gasteiger partial charge in [0.05, 0.1) is 10.9 Å². The SMILES string of the molecule is CC(Sc1n[nH]c(CCC2CCCC2)n1)C(=O)Nc1cc(F)ccc1F. The summed E-state index contributed by atoms with van der Waals surface area (Å²) in [6.07, 6.45) is 7.19. The molecule has 5 nitrogen and oxygen atoms in total. The number of nitrogens with zero attached hydrogens (tertiary/aromatic N) is 2. The number of carbonyl (C=O) groups is 1. The molecule has 1 saturated carbocycles. The van der Waals surface area contributed by atoms with Crippen LogP contribution in [0, 0.1) is 17.6 Å². The summed E-state index contributed by atoms with van der Waals surface area (Å²) in [6, 6.07) is 2.94. The lowest BCUT2D eigenvalue weighted by Crippen LogP contribution is -2.23. The zero-order valence-electron chi connectivity index (χ0n) is 14.6. The predicted molar refractivity (Wildman–Crippen MR) is 97.0 cm³/mol. The minimum Gasteiger partial charge on any atom is -0.323 e. The monoisotopic (exact) mass is 380 g/mol. The summed E-state index contributed by atoms with van der Waals surface area (Å²) in [4.78, 5) is 16.6. The van der Waals surface area contributed by atoms with Crippen LogP contribution in [-0.4, -0.2) is 26.3 Å². The van der Waals surface area contributed by atoms with Crippen LogP contribution in [0.3, 0.4) is 0 Å². The van der Waals surface area contributed by atoms with Crippen molar-refractivity contribution in [2.24, 2.45) is 5.92 Å². The van der Waals surface area contributed by atoms with Crippen LogP contribution in [0.15, 0.2) is 23.4 Å². The number of aryl methyl sites for hydroxylation is 1. The number of halogens is 2. The van der Waals surface area contributed by atoms with Gasteiger partial charge < -0.3 is 5.32 Å². The molecule has 1 atom stereocenters. The molecule has 0 radical (unpaired) electrons. The zero-order valence-corrected chi connectivity index (χ0v) is 15.4. The molecule has 0 saturated heterocycles. The minimum absolute atomic E-state index is 0.172. The molecule has 8 heteroatoms. The van der Waals surface area contributed by atoms with Gasteiger partial charge in [-0.05, 0) is 31.4 Å². The first kappa shape index (κ1) is 18.8. The van der Waals surface area contributed by atoms with Crippen molar-refractivity contribution in [1.82, 2.24) is 15.2 Å². The second-order valence-corrected chi connectivity index (χ2v) is 7.94. The molecule has 140 valence electrons. The second kappa shape index (κ2) is 8.62. The fraction of sp³-hybridized carbons (Fsp3) is 0.500. The van der Waals surface area contributed by atoms with Crippen LogP contribution >= 0.6 is 11.8 Å². The third-order valence-electron chi connectivity index (χ3n) is 4.61. The lowest BCUT2D eigenvalue weighted by atomic mass is 10.0.